The van der Waals surface area contributed by atoms with Crippen LogP contribution in [-0.4, -0.2) is 22.9 Å². The Morgan fingerprint density at radius 3 is 2.67 bits per heavy atom. The van der Waals surface area contributed by atoms with E-state index >= 15 is 0 Å². The molecule has 0 bridgehead atoms. The second-order valence-electron chi connectivity index (χ2n) is 6.37. The molecule has 0 saturated heterocycles. The lowest BCUT2D eigenvalue weighted by Crippen LogP contribution is -2.11. The number of oxazole rings is 1. The molecule has 1 aromatic carbocycles. The number of thiazole rings is 1. The summed E-state index contributed by atoms with van der Waals surface area (Å²) < 4.78 is 41.8. The molecular weight excluding hydrogens is 388 g/mol. The van der Waals surface area contributed by atoms with Crippen molar-refractivity contribution in [2.75, 3.05) is 0 Å². The molecule has 2 heterocycles. The summed E-state index contributed by atoms with van der Waals surface area (Å²) >= 11 is 1.68. The van der Waals surface area contributed by atoms with Gasteiger partial charge >= 0.3 is 10.4 Å². The van der Waals surface area contributed by atoms with Crippen molar-refractivity contribution < 1.29 is 21.6 Å². The van der Waals surface area contributed by atoms with E-state index in [1.165, 1.54) is 0 Å². The first-order valence-corrected chi connectivity index (χ1v) is 11.1. The smallest absolute Gasteiger partial charge is 0.398 e. The number of benzene rings is 1. The number of unbranched alkanes of at least 4 members (excludes halogenated alkanes) is 3. The zero-order valence-corrected chi connectivity index (χ0v) is 16.6. The highest BCUT2D eigenvalue weighted by Gasteiger charge is 2.24. The van der Waals surface area contributed by atoms with E-state index in [9.17, 15) is 8.42 Å². The summed E-state index contributed by atoms with van der Waals surface area (Å²) in [5.41, 5.74) is 2.23. The number of hydrogen-bond donors (Lipinski definition) is 1. The van der Waals surface area contributed by atoms with Crippen molar-refractivity contribution in [1.82, 2.24) is 9.97 Å². The van der Waals surface area contributed by atoms with Gasteiger partial charge in [-0.05, 0) is 38.3 Å². The maximum atomic E-state index is 11.2. The highest BCUT2D eigenvalue weighted by Crippen LogP contribution is 2.28. The van der Waals surface area contributed by atoms with Crippen LogP contribution in [0.5, 0.6) is 0 Å². The summed E-state index contributed by atoms with van der Waals surface area (Å²) in [7, 11) is -4.60. The van der Waals surface area contributed by atoms with Crippen molar-refractivity contribution in [2.45, 2.75) is 51.6 Å². The van der Waals surface area contributed by atoms with E-state index in [0.29, 0.717) is 17.5 Å². The third-order valence-electron chi connectivity index (χ3n) is 4.10. The van der Waals surface area contributed by atoms with Crippen LogP contribution in [-0.2, 0) is 21.0 Å². The van der Waals surface area contributed by atoms with Crippen molar-refractivity contribution in [2.24, 2.45) is 0 Å². The summed E-state index contributed by atoms with van der Waals surface area (Å²) in [5, 5.41) is 3.19. The van der Waals surface area contributed by atoms with E-state index in [2.05, 4.69) is 9.97 Å². The second kappa shape index (κ2) is 8.92. The van der Waals surface area contributed by atoms with Crippen molar-refractivity contribution in [3.63, 3.8) is 0 Å². The molecule has 3 rings (SSSR count). The number of aryl methyl sites for hydroxylation is 2. The molecule has 1 N–H and O–H groups in total. The van der Waals surface area contributed by atoms with Crippen LogP contribution in [0.25, 0.3) is 11.1 Å². The van der Waals surface area contributed by atoms with Gasteiger partial charge in [0, 0.05) is 11.1 Å². The molecule has 0 fully saturated rings. The first kappa shape index (κ1) is 19.9. The molecule has 0 aliphatic heterocycles. The minimum absolute atomic E-state index is 0.159. The molecule has 3 aromatic rings. The fourth-order valence-electron chi connectivity index (χ4n) is 2.86. The number of para-hydroxylation sites is 2. The topological polar surface area (TPSA) is 103 Å². The second-order valence-corrected chi connectivity index (χ2v) is 8.36. The third kappa shape index (κ3) is 6.10. The van der Waals surface area contributed by atoms with E-state index in [-0.39, 0.29) is 5.89 Å². The Morgan fingerprint density at radius 1 is 1.19 bits per heavy atom. The normalized spacial score (nSPS) is 13.3. The van der Waals surface area contributed by atoms with Gasteiger partial charge in [-0.15, -0.1) is 11.3 Å². The summed E-state index contributed by atoms with van der Waals surface area (Å²) in [5.74, 6) is 0.159. The van der Waals surface area contributed by atoms with Crippen LogP contribution < -0.4 is 0 Å². The van der Waals surface area contributed by atoms with Crippen molar-refractivity contribution in [3.05, 3.63) is 46.2 Å². The molecule has 0 spiro atoms. The predicted molar refractivity (Wildman–Crippen MR) is 103 cm³/mol. The van der Waals surface area contributed by atoms with Gasteiger partial charge in [0.2, 0.25) is 5.89 Å². The number of rotatable bonds is 10. The predicted octanol–water partition coefficient (Wildman–Crippen LogP) is 4.65. The lowest BCUT2D eigenvalue weighted by molar-refractivity contribution is 0.145. The molecule has 1 atom stereocenters. The number of nitrogens with zero attached hydrogens (tertiary/aromatic N) is 2. The molecule has 146 valence electrons. The van der Waals surface area contributed by atoms with E-state index < -0.39 is 16.5 Å². The Bertz CT molecular complexity index is 947. The minimum atomic E-state index is -4.60. The van der Waals surface area contributed by atoms with Crippen molar-refractivity contribution in [3.8, 4) is 0 Å². The third-order valence-corrected chi connectivity index (χ3v) is 5.60. The van der Waals surface area contributed by atoms with Gasteiger partial charge in [0.1, 0.15) is 5.52 Å². The van der Waals surface area contributed by atoms with Crippen molar-refractivity contribution >= 4 is 32.8 Å². The summed E-state index contributed by atoms with van der Waals surface area (Å²) in [6.07, 6.45) is 4.09. The van der Waals surface area contributed by atoms with Crippen LogP contribution in [0.2, 0.25) is 0 Å². The fourth-order valence-corrected chi connectivity index (χ4v) is 4.15. The van der Waals surface area contributed by atoms with Gasteiger partial charge in [-0.2, -0.15) is 8.42 Å². The minimum Gasteiger partial charge on any atom is -0.438 e. The Kier molecular flexibility index (Phi) is 6.59. The van der Waals surface area contributed by atoms with Gasteiger partial charge < -0.3 is 4.42 Å². The molecule has 7 nitrogen and oxygen atoms in total. The SMILES string of the molecule is Cc1csc(CCCCCCC(OS(=O)(=O)O)c2nc3ccccc3o2)n1. The Hall–Kier alpha value is -1.81. The number of hydrogen-bond acceptors (Lipinski definition) is 7. The van der Waals surface area contributed by atoms with Gasteiger partial charge in [0.15, 0.2) is 11.7 Å². The molecule has 0 amide bonds. The van der Waals surface area contributed by atoms with Gasteiger partial charge in [0.25, 0.3) is 0 Å². The first-order chi connectivity index (χ1) is 12.9. The first-order valence-electron chi connectivity index (χ1n) is 8.83. The van der Waals surface area contributed by atoms with Crippen LogP contribution >= 0.6 is 11.3 Å². The number of aromatic nitrogens is 2. The van der Waals surface area contributed by atoms with Crippen molar-refractivity contribution in [1.29, 1.82) is 0 Å². The summed E-state index contributed by atoms with van der Waals surface area (Å²) in [6, 6.07) is 7.14. The quantitative estimate of drug-likeness (QED) is 0.383. The van der Waals surface area contributed by atoms with Gasteiger partial charge in [-0.25, -0.2) is 14.2 Å². The molecule has 1 unspecified atom stereocenters. The lowest BCUT2D eigenvalue weighted by atomic mass is 10.1. The maximum Gasteiger partial charge on any atom is 0.398 e. The largest absolute Gasteiger partial charge is 0.438 e. The van der Waals surface area contributed by atoms with Crippen LogP contribution in [0, 0.1) is 6.92 Å². The standard InChI is InChI=1S/C18H22N2O5S2/c1-13-12-26-17(19-13)11-5-3-2-4-10-16(25-27(21,22)23)18-20-14-8-6-7-9-15(14)24-18/h6-9,12,16H,2-5,10-11H2,1H3,(H,21,22,23). The summed E-state index contributed by atoms with van der Waals surface area (Å²) in [6.45, 7) is 1.99. The lowest BCUT2D eigenvalue weighted by Gasteiger charge is -2.11. The van der Waals surface area contributed by atoms with Crippen LogP contribution in [0.15, 0.2) is 34.1 Å². The molecule has 9 heteroatoms. The number of fused-ring (bicyclic) bond motifs is 1. The van der Waals surface area contributed by atoms with E-state index in [1.807, 2.05) is 18.4 Å². The molecule has 0 saturated carbocycles. The van der Waals surface area contributed by atoms with Gasteiger partial charge in [-0.1, -0.05) is 31.4 Å². The molecule has 0 radical (unpaired) electrons. The Balaban J connectivity index is 1.52. The van der Waals surface area contributed by atoms with Crippen LogP contribution in [0.3, 0.4) is 0 Å². The zero-order chi connectivity index (χ0) is 19.3. The average molecular weight is 411 g/mol. The van der Waals surface area contributed by atoms with Crippen LogP contribution in [0.4, 0.5) is 0 Å². The average Bonchev–Trinajstić information content (AvgIpc) is 3.21. The fraction of sp³-hybridized carbons (Fsp3) is 0.444. The monoisotopic (exact) mass is 410 g/mol. The zero-order valence-electron chi connectivity index (χ0n) is 15.0. The molecule has 27 heavy (non-hydrogen) atoms. The Morgan fingerprint density at radius 2 is 1.96 bits per heavy atom. The van der Waals surface area contributed by atoms with Gasteiger partial charge in [-0.3, -0.25) is 4.55 Å². The Labute approximate surface area is 162 Å². The van der Waals surface area contributed by atoms with E-state index in [4.69, 9.17) is 13.2 Å². The highest BCUT2D eigenvalue weighted by molar-refractivity contribution is 7.80. The highest BCUT2D eigenvalue weighted by atomic mass is 32.3. The van der Waals surface area contributed by atoms with E-state index in [0.717, 1.165) is 42.8 Å². The molecular formula is C18H22N2O5S2. The molecule has 0 aliphatic carbocycles. The van der Waals surface area contributed by atoms with Crippen LogP contribution in [0.1, 0.15) is 54.8 Å². The summed E-state index contributed by atoms with van der Waals surface area (Å²) in [4.78, 5) is 8.72. The molecule has 2 aromatic heterocycles. The van der Waals surface area contributed by atoms with Gasteiger partial charge in [0.05, 0.1) is 5.01 Å². The van der Waals surface area contributed by atoms with E-state index in [1.54, 1.807) is 29.5 Å². The maximum absolute atomic E-state index is 11.2. The molecule has 0 aliphatic rings.